The Morgan fingerprint density at radius 1 is 1.00 bits per heavy atom. The molecule has 0 fully saturated rings. The summed E-state index contributed by atoms with van der Waals surface area (Å²) in [6.45, 7) is 0.318. The third kappa shape index (κ3) is 4.76. The lowest BCUT2D eigenvalue weighted by atomic mass is 10.2. The Morgan fingerprint density at radius 2 is 1.79 bits per heavy atom. The lowest BCUT2D eigenvalue weighted by molar-refractivity contribution is -0.121. The predicted octanol–water partition coefficient (Wildman–Crippen LogP) is 4.12. The summed E-state index contributed by atoms with van der Waals surface area (Å²) in [6.07, 6.45) is 3.95. The Labute approximate surface area is 166 Å². The van der Waals surface area contributed by atoms with Crippen LogP contribution in [0, 0.1) is 5.82 Å². The first-order chi connectivity index (χ1) is 14.2. The summed E-state index contributed by atoms with van der Waals surface area (Å²) >= 11 is 0. The molecule has 7 heteroatoms. The van der Waals surface area contributed by atoms with E-state index in [0.717, 1.165) is 16.8 Å². The lowest BCUT2D eigenvalue weighted by Crippen LogP contribution is -2.23. The third-order valence-electron chi connectivity index (χ3n) is 4.41. The van der Waals surface area contributed by atoms with Crippen LogP contribution in [0.3, 0.4) is 0 Å². The van der Waals surface area contributed by atoms with Crippen molar-refractivity contribution >= 4 is 5.91 Å². The van der Waals surface area contributed by atoms with E-state index >= 15 is 0 Å². The molecule has 0 unspecified atom stereocenters. The molecule has 2 N–H and O–H groups in total. The molecule has 0 aliphatic carbocycles. The zero-order chi connectivity index (χ0) is 20.1. The van der Waals surface area contributed by atoms with Gasteiger partial charge in [-0.25, -0.2) is 14.4 Å². The second-order valence-electron chi connectivity index (χ2n) is 6.51. The summed E-state index contributed by atoms with van der Waals surface area (Å²) < 4.78 is 18.6. The predicted molar refractivity (Wildman–Crippen MR) is 106 cm³/mol. The van der Waals surface area contributed by atoms with Crippen molar-refractivity contribution in [3.63, 3.8) is 0 Å². The molecular weight excluding hydrogens is 371 g/mol. The van der Waals surface area contributed by atoms with Crippen LogP contribution >= 0.6 is 0 Å². The quantitative estimate of drug-likeness (QED) is 0.497. The van der Waals surface area contributed by atoms with Crippen molar-refractivity contribution in [3.8, 4) is 22.6 Å². The SMILES string of the molecule is O=C(CCc1ncc(-c2ccc(F)cc2)o1)NCc1ncc(-c2ccccc2)[nH]1. The van der Waals surface area contributed by atoms with Crippen molar-refractivity contribution in [2.24, 2.45) is 0 Å². The molecule has 0 aliphatic rings. The fourth-order valence-corrected chi connectivity index (χ4v) is 2.88. The Balaban J connectivity index is 1.27. The second-order valence-corrected chi connectivity index (χ2v) is 6.51. The van der Waals surface area contributed by atoms with Gasteiger partial charge in [0.1, 0.15) is 11.6 Å². The molecular formula is C22H19FN4O2. The molecule has 0 spiro atoms. The zero-order valence-corrected chi connectivity index (χ0v) is 15.6. The Bertz CT molecular complexity index is 1090. The maximum absolute atomic E-state index is 13.0. The molecule has 4 rings (SSSR count). The van der Waals surface area contributed by atoms with E-state index in [2.05, 4.69) is 20.3 Å². The second kappa shape index (κ2) is 8.52. The van der Waals surface area contributed by atoms with Gasteiger partial charge in [-0.2, -0.15) is 0 Å². The van der Waals surface area contributed by atoms with E-state index in [0.29, 0.717) is 30.4 Å². The van der Waals surface area contributed by atoms with Crippen LogP contribution in [0.25, 0.3) is 22.6 Å². The number of imidazole rings is 1. The van der Waals surface area contributed by atoms with Gasteiger partial charge in [-0.05, 0) is 29.8 Å². The van der Waals surface area contributed by atoms with Crippen LogP contribution in [-0.4, -0.2) is 20.9 Å². The highest BCUT2D eigenvalue weighted by Gasteiger charge is 2.10. The number of carbonyl (C=O) groups is 1. The largest absolute Gasteiger partial charge is 0.441 e. The molecule has 2 heterocycles. The molecule has 2 aromatic heterocycles. The third-order valence-corrected chi connectivity index (χ3v) is 4.41. The standard InChI is InChI=1S/C22H19FN4O2/c23-17-8-6-16(7-9-17)19-13-26-22(29-19)11-10-21(28)25-14-20-24-12-18(27-20)15-4-2-1-3-5-15/h1-9,12-13H,10-11,14H2,(H,24,27)(H,25,28). The molecule has 0 aliphatic heterocycles. The van der Waals surface area contributed by atoms with Crippen molar-refractivity contribution in [2.45, 2.75) is 19.4 Å². The molecule has 0 saturated heterocycles. The maximum Gasteiger partial charge on any atom is 0.220 e. The number of aromatic nitrogens is 3. The van der Waals surface area contributed by atoms with Gasteiger partial charge in [0.15, 0.2) is 11.7 Å². The van der Waals surface area contributed by atoms with Crippen molar-refractivity contribution in [3.05, 3.63) is 84.5 Å². The smallest absolute Gasteiger partial charge is 0.220 e. The zero-order valence-electron chi connectivity index (χ0n) is 15.6. The van der Waals surface area contributed by atoms with Gasteiger partial charge in [0.2, 0.25) is 5.91 Å². The number of aryl methyl sites for hydroxylation is 1. The van der Waals surface area contributed by atoms with E-state index in [4.69, 9.17) is 4.42 Å². The van der Waals surface area contributed by atoms with Crippen LogP contribution in [0.2, 0.25) is 0 Å². The van der Waals surface area contributed by atoms with E-state index in [9.17, 15) is 9.18 Å². The molecule has 6 nitrogen and oxygen atoms in total. The number of aromatic amines is 1. The Kier molecular flexibility index (Phi) is 5.47. The van der Waals surface area contributed by atoms with Crippen LogP contribution in [0.4, 0.5) is 4.39 Å². The van der Waals surface area contributed by atoms with Gasteiger partial charge in [-0.3, -0.25) is 4.79 Å². The molecule has 0 saturated carbocycles. The van der Waals surface area contributed by atoms with Gasteiger partial charge in [0.25, 0.3) is 0 Å². The summed E-state index contributed by atoms with van der Waals surface area (Å²) in [5.41, 5.74) is 2.68. The van der Waals surface area contributed by atoms with E-state index in [1.54, 1.807) is 24.5 Å². The van der Waals surface area contributed by atoms with E-state index in [-0.39, 0.29) is 18.1 Å². The van der Waals surface area contributed by atoms with Crippen molar-refractivity contribution < 1.29 is 13.6 Å². The number of hydrogen-bond donors (Lipinski definition) is 2. The number of rotatable bonds is 7. The van der Waals surface area contributed by atoms with Crippen LogP contribution in [0.1, 0.15) is 18.1 Å². The number of nitrogens with zero attached hydrogens (tertiary/aromatic N) is 2. The number of H-pyrrole nitrogens is 1. The van der Waals surface area contributed by atoms with Crippen molar-refractivity contribution in [1.82, 2.24) is 20.3 Å². The van der Waals surface area contributed by atoms with Gasteiger partial charge in [-0.1, -0.05) is 30.3 Å². The maximum atomic E-state index is 13.0. The summed E-state index contributed by atoms with van der Waals surface area (Å²) in [5.74, 6) is 1.27. The molecule has 29 heavy (non-hydrogen) atoms. The number of hydrogen-bond acceptors (Lipinski definition) is 4. The fourth-order valence-electron chi connectivity index (χ4n) is 2.88. The highest BCUT2D eigenvalue weighted by Crippen LogP contribution is 2.21. The first-order valence-electron chi connectivity index (χ1n) is 9.24. The van der Waals surface area contributed by atoms with Crippen molar-refractivity contribution in [2.75, 3.05) is 0 Å². The molecule has 0 bridgehead atoms. The normalized spacial score (nSPS) is 10.8. The van der Waals surface area contributed by atoms with Gasteiger partial charge in [0.05, 0.1) is 24.6 Å². The monoisotopic (exact) mass is 390 g/mol. The van der Waals surface area contributed by atoms with Gasteiger partial charge in [-0.15, -0.1) is 0 Å². The number of amides is 1. The highest BCUT2D eigenvalue weighted by molar-refractivity contribution is 5.76. The fraction of sp³-hybridized carbons (Fsp3) is 0.136. The highest BCUT2D eigenvalue weighted by atomic mass is 19.1. The van der Waals surface area contributed by atoms with Gasteiger partial charge in [0, 0.05) is 18.4 Å². The minimum Gasteiger partial charge on any atom is -0.441 e. The molecule has 4 aromatic rings. The Hall–Kier alpha value is -3.74. The lowest BCUT2D eigenvalue weighted by Gasteiger charge is -2.02. The summed E-state index contributed by atoms with van der Waals surface area (Å²) in [4.78, 5) is 23.8. The minimum absolute atomic E-state index is 0.121. The minimum atomic E-state index is -0.308. The van der Waals surface area contributed by atoms with Crippen LogP contribution < -0.4 is 5.32 Å². The average molecular weight is 390 g/mol. The van der Waals surface area contributed by atoms with E-state index in [1.165, 1.54) is 12.1 Å². The summed E-state index contributed by atoms with van der Waals surface area (Å²) in [6, 6.07) is 15.8. The molecule has 2 aromatic carbocycles. The molecule has 0 radical (unpaired) electrons. The summed E-state index contributed by atoms with van der Waals surface area (Å²) in [7, 11) is 0. The van der Waals surface area contributed by atoms with Crippen LogP contribution in [0.15, 0.2) is 71.4 Å². The molecule has 146 valence electrons. The summed E-state index contributed by atoms with van der Waals surface area (Å²) in [5, 5.41) is 2.83. The number of oxazole rings is 1. The Morgan fingerprint density at radius 3 is 2.59 bits per heavy atom. The van der Waals surface area contributed by atoms with Crippen molar-refractivity contribution in [1.29, 1.82) is 0 Å². The van der Waals surface area contributed by atoms with Gasteiger partial charge >= 0.3 is 0 Å². The number of nitrogens with one attached hydrogen (secondary N) is 2. The first-order valence-corrected chi connectivity index (χ1v) is 9.24. The number of halogens is 1. The van der Waals surface area contributed by atoms with E-state index < -0.39 is 0 Å². The molecule has 1 amide bonds. The molecule has 0 atom stereocenters. The number of benzene rings is 2. The number of carbonyl (C=O) groups excluding carboxylic acids is 1. The van der Waals surface area contributed by atoms with Gasteiger partial charge < -0.3 is 14.7 Å². The topological polar surface area (TPSA) is 83.8 Å². The first kappa shape index (κ1) is 18.6. The average Bonchev–Trinajstić information content (AvgIpc) is 3.42. The van der Waals surface area contributed by atoms with Crippen LogP contribution in [-0.2, 0) is 17.8 Å². The van der Waals surface area contributed by atoms with E-state index in [1.807, 2.05) is 30.3 Å². The van der Waals surface area contributed by atoms with Crippen LogP contribution in [0.5, 0.6) is 0 Å².